The van der Waals surface area contributed by atoms with Gasteiger partial charge in [-0.3, -0.25) is 9.69 Å². The molecule has 29 heavy (non-hydrogen) atoms. The van der Waals surface area contributed by atoms with Gasteiger partial charge in [0, 0.05) is 12.1 Å². The van der Waals surface area contributed by atoms with Crippen molar-refractivity contribution in [1.29, 1.82) is 0 Å². The van der Waals surface area contributed by atoms with Crippen LogP contribution in [-0.2, 0) is 17.9 Å². The van der Waals surface area contributed by atoms with Gasteiger partial charge in [0.25, 0.3) is 0 Å². The number of halogens is 1. The van der Waals surface area contributed by atoms with Crippen LogP contribution in [0.15, 0.2) is 53.1 Å². The number of carbonyl (C=O) groups excluding carboxylic acids is 1. The van der Waals surface area contributed by atoms with Crippen LogP contribution in [0.5, 0.6) is 0 Å². The number of hydrogen-bond donors (Lipinski definition) is 1. The van der Waals surface area contributed by atoms with Crippen LogP contribution in [0.4, 0.5) is 4.39 Å². The maximum Gasteiger partial charge on any atom is 0.246 e. The number of amides is 1. The molecule has 0 saturated carbocycles. The predicted octanol–water partition coefficient (Wildman–Crippen LogP) is 3.46. The molecule has 1 saturated heterocycles. The topological polar surface area (TPSA) is 71.3 Å². The number of aromatic nitrogens is 2. The normalized spacial score (nSPS) is 16.8. The molecule has 0 aliphatic carbocycles. The second kappa shape index (κ2) is 8.53. The summed E-state index contributed by atoms with van der Waals surface area (Å²) in [5.41, 5.74) is 3.09. The number of carbonyl (C=O) groups is 1. The third-order valence-electron chi connectivity index (χ3n) is 5.12. The zero-order chi connectivity index (χ0) is 20.2. The number of hydrogen-bond acceptors (Lipinski definition) is 5. The van der Waals surface area contributed by atoms with Crippen molar-refractivity contribution in [3.05, 3.63) is 71.4 Å². The molecule has 1 amide bonds. The standard InChI is InChI=1S/C22H23FN4O2/c1-15-4-2-5-16(12-15)14-27-11-3-6-19(27)22(28)24-13-20-25-21(26-29-20)17-7-9-18(23)10-8-17/h2,4-5,7-10,12,19H,3,6,11,13-14H2,1H3,(H,24,28). The maximum absolute atomic E-state index is 13.0. The first-order valence-electron chi connectivity index (χ1n) is 9.74. The van der Waals surface area contributed by atoms with Crippen molar-refractivity contribution < 1.29 is 13.7 Å². The van der Waals surface area contributed by atoms with Crippen LogP contribution in [0.1, 0.15) is 29.9 Å². The summed E-state index contributed by atoms with van der Waals surface area (Å²) in [5, 5.41) is 6.81. The molecule has 1 N–H and O–H groups in total. The minimum Gasteiger partial charge on any atom is -0.346 e. The lowest BCUT2D eigenvalue weighted by Crippen LogP contribution is -2.42. The number of nitrogens with one attached hydrogen (secondary N) is 1. The van der Waals surface area contributed by atoms with E-state index in [0.717, 1.165) is 25.9 Å². The molecule has 6 nitrogen and oxygen atoms in total. The van der Waals surface area contributed by atoms with Crippen LogP contribution >= 0.6 is 0 Å². The van der Waals surface area contributed by atoms with Crippen LogP contribution in [0, 0.1) is 12.7 Å². The van der Waals surface area contributed by atoms with Gasteiger partial charge in [-0.25, -0.2) is 4.39 Å². The summed E-state index contributed by atoms with van der Waals surface area (Å²) in [6.07, 6.45) is 1.83. The minimum absolute atomic E-state index is 0.0308. The SMILES string of the molecule is Cc1cccc(CN2CCCC2C(=O)NCc2nc(-c3ccc(F)cc3)no2)c1. The fraction of sp³-hybridized carbons (Fsp3) is 0.318. The van der Waals surface area contributed by atoms with Crippen molar-refractivity contribution in [2.24, 2.45) is 0 Å². The number of nitrogens with zero attached hydrogens (tertiary/aromatic N) is 3. The van der Waals surface area contributed by atoms with Gasteiger partial charge in [0.2, 0.25) is 17.6 Å². The Hall–Kier alpha value is -3.06. The molecule has 2 heterocycles. The average Bonchev–Trinajstić information content (AvgIpc) is 3.36. The van der Waals surface area contributed by atoms with Gasteiger partial charge in [-0.05, 0) is 56.1 Å². The van der Waals surface area contributed by atoms with E-state index in [2.05, 4.69) is 45.5 Å². The molecule has 1 aromatic heterocycles. The number of rotatable bonds is 6. The van der Waals surface area contributed by atoms with Gasteiger partial charge in [0.1, 0.15) is 5.82 Å². The lowest BCUT2D eigenvalue weighted by atomic mass is 10.1. The molecule has 3 aromatic rings. The molecule has 7 heteroatoms. The van der Waals surface area contributed by atoms with Crippen molar-refractivity contribution in [3.63, 3.8) is 0 Å². The molecule has 1 fully saturated rings. The van der Waals surface area contributed by atoms with E-state index < -0.39 is 0 Å². The van der Waals surface area contributed by atoms with Crippen molar-refractivity contribution in [1.82, 2.24) is 20.4 Å². The molecule has 1 unspecified atom stereocenters. The van der Waals surface area contributed by atoms with Crippen molar-refractivity contribution in [2.75, 3.05) is 6.54 Å². The highest BCUT2D eigenvalue weighted by atomic mass is 19.1. The molecular formula is C22H23FN4O2. The molecule has 0 spiro atoms. The van der Waals surface area contributed by atoms with E-state index in [9.17, 15) is 9.18 Å². The van der Waals surface area contributed by atoms with E-state index >= 15 is 0 Å². The molecule has 1 aliphatic rings. The van der Waals surface area contributed by atoms with E-state index in [0.29, 0.717) is 17.3 Å². The smallest absolute Gasteiger partial charge is 0.246 e. The monoisotopic (exact) mass is 394 g/mol. The predicted molar refractivity (Wildman–Crippen MR) is 106 cm³/mol. The van der Waals surface area contributed by atoms with Gasteiger partial charge in [-0.15, -0.1) is 0 Å². The molecule has 2 aromatic carbocycles. The summed E-state index contributed by atoms with van der Waals surface area (Å²) in [4.78, 5) is 19.2. The molecule has 0 radical (unpaired) electrons. The first kappa shape index (κ1) is 19.3. The molecule has 1 atom stereocenters. The van der Waals surface area contributed by atoms with E-state index in [1.165, 1.54) is 23.3 Å². The van der Waals surface area contributed by atoms with E-state index in [4.69, 9.17) is 4.52 Å². The lowest BCUT2D eigenvalue weighted by molar-refractivity contribution is -0.125. The zero-order valence-electron chi connectivity index (χ0n) is 16.3. The first-order valence-corrected chi connectivity index (χ1v) is 9.74. The van der Waals surface area contributed by atoms with Crippen molar-refractivity contribution in [3.8, 4) is 11.4 Å². The number of aryl methyl sites for hydroxylation is 1. The van der Waals surface area contributed by atoms with E-state index in [1.54, 1.807) is 12.1 Å². The van der Waals surface area contributed by atoms with Gasteiger partial charge in [0.05, 0.1) is 12.6 Å². The summed E-state index contributed by atoms with van der Waals surface area (Å²) in [7, 11) is 0. The van der Waals surface area contributed by atoms with Crippen molar-refractivity contribution >= 4 is 5.91 Å². The van der Waals surface area contributed by atoms with E-state index in [1.807, 2.05) is 6.07 Å². The van der Waals surface area contributed by atoms with Crippen molar-refractivity contribution in [2.45, 2.75) is 38.9 Å². The second-order valence-corrected chi connectivity index (χ2v) is 7.35. The van der Waals surface area contributed by atoms with Gasteiger partial charge in [-0.2, -0.15) is 4.98 Å². The number of benzene rings is 2. The fourth-order valence-electron chi connectivity index (χ4n) is 3.68. The third kappa shape index (κ3) is 4.68. The minimum atomic E-state index is -0.323. The van der Waals surface area contributed by atoms with Crippen LogP contribution in [0.2, 0.25) is 0 Å². The highest BCUT2D eigenvalue weighted by Gasteiger charge is 2.30. The Balaban J connectivity index is 1.35. The summed E-state index contributed by atoms with van der Waals surface area (Å²) in [6.45, 7) is 3.90. The van der Waals surface area contributed by atoms with Crippen LogP contribution in [0.25, 0.3) is 11.4 Å². The Morgan fingerprint density at radius 3 is 2.90 bits per heavy atom. The summed E-state index contributed by atoms with van der Waals surface area (Å²) in [6, 6.07) is 14.1. The first-order chi connectivity index (χ1) is 14.1. The second-order valence-electron chi connectivity index (χ2n) is 7.35. The average molecular weight is 394 g/mol. The molecular weight excluding hydrogens is 371 g/mol. The summed E-state index contributed by atoms with van der Waals surface area (Å²) < 4.78 is 18.3. The largest absolute Gasteiger partial charge is 0.346 e. The Bertz CT molecular complexity index is 986. The summed E-state index contributed by atoms with van der Waals surface area (Å²) in [5.74, 6) is 0.338. The lowest BCUT2D eigenvalue weighted by Gasteiger charge is -2.23. The van der Waals surface area contributed by atoms with Crippen LogP contribution in [0.3, 0.4) is 0 Å². The summed E-state index contributed by atoms with van der Waals surface area (Å²) >= 11 is 0. The molecule has 0 bridgehead atoms. The molecule has 150 valence electrons. The third-order valence-corrected chi connectivity index (χ3v) is 5.12. The Morgan fingerprint density at radius 2 is 2.10 bits per heavy atom. The van der Waals surface area contributed by atoms with E-state index in [-0.39, 0.29) is 24.3 Å². The van der Waals surface area contributed by atoms with Gasteiger partial charge in [-0.1, -0.05) is 35.0 Å². The fourth-order valence-corrected chi connectivity index (χ4v) is 3.68. The van der Waals surface area contributed by atoms with Gasteiger partial charge in [0.15, 0.2) is 0 Å². The zero-order valence-corrected chi connectivity index (χ0v) is 16.3. The maximum atomic E-state index is 13.0. The Morgan fingerprint density at radius 1 is 1.28 bits per heavy atom. The molecule has 4 rings (SSSR count). The van der Waals surface area contributed by atoms with Gasteiger partial charge >= 0.3 is 0 Å². The Labute approximate surface area is 168 Å². The van der Waals surface area contributed by atoms with Crippen LogP contribution in [-0.4, -0.2) is 33.5 Å². The highest BCUT2D eigenvalue weighted by molar-refractivity contribution is 5.81. The highest BCUT2D eigenvalue weighted by Crippen LogP contribution is 2.21. The Kier molecular flexibility index (Phi) is 5.67. The molecule has 1 aliphatic heterocycles. The number of likely N-dealkylation sites (tertiary alicyclic amines) is 1. The quantitative estimate of drug-likeness (QED) is 0.693. The van der Waals surface area contributed by atoms with Crippen LogP contribution < -0.4 is 5.32 Å². The van der Waals surface area contributed by atoms with Gasteiger partial charge < -0.3 is 9.84 Å².